The van der Waals surface area contributed by atoms with Crippen LogP contribution < -0.4 is 15.7 Å². The van der Waals surface area contributed by atoms with E-state index >= 15 is 0 Å². The molecule has 0 saturated carbocycles. The molecule has 0 spiro atoms. The molecule has 5 rings (SSSR count). The molecule has 1 N–H and O–H groups in total. The Morgan fingerprint density at radius 3 is 2.54 bits per heavy atom. The van der Waals surface area contributed by atoms with Gasteiger partial charge in [0.1, 0.15) is 23.1 Å². The molecule has 1 saturated heterocycles. The van der Waals surface area contributed by atoms with Crippen LogP contribution >= 0.6 is 0 Å². The first kappa shape index (κ1) is 26.6. The summed E-state index contributed by atoms with van der Waals surface area (Å²) in [7, 11) is 2.11. The van der Waals surface area contributed by atoms with Gasteiger partial charge in [0.25, 0.3) is 5.91 Å². The number of aryl methyl sites for hydroxylation is 1. The van der Waals surface area contributed by atoms with E-state index in [9.17, 15) is 9.59 Å². The van der Waals surface area contributed by atoms with Crippen molar-refractivity contribution in [2.24, 2.45) is 0 Å². The number of benzene rings is 2. The SMILES string of the molecule is Cc1c(OC2CCN(C)CC2)ccc2cc(NC(=O)c3cn(Cc4ccc(C(C)(C)C)cc4)nn3)c(=O)oc12. The summed E-state index contributed by atoms with van der Waals surface area (Å²) < 4.78 is 13.4. The topological polar surface area (TPSA) is 102 Å². The second kappa shape index (κ2) is 10.6. The number of fused-ring (bicyclic) bond motifs is 1. The molecular formula is C30H35N5O4. The van der Waals surface area contributed by atoms with Crippen LogP contribution in [-0.4, -0.2) is 52.0 Å². The molecular weight excluding hydrogens is 494 g/mol. The van der Waals surface area contributed by atoms with E-state index in [2.05, 4.69) is 72.6 Å². The maximum atomic E-state index is 12.9. The van der Waals surface area contributed by atoms with Crippen LogP contribution in [0.2, 0.25) is 0 Å². The number of carbonyl (C=O) groups excluding carboxylic acids is 1. The predicted molar refractivity (Wildman–Crippen MR) is 151 cm³/mol. The first-order valence-corrected chi connectivity index (χ1v) is 13.3. The highest BCUT2D eigenvalue weighted by molar-refractivity contribution is 6.03. The Hall–Kier alpha value is -3.98. The maximum Gasteiger partial charge on any atom is 0.360 e. The van der Waals surface area contributed by atoms with Crippen LogP contribution in [0.25, 0.3) is 11.0 Å². The molecule has 1 fully saturated rings. The quantitative estimate of drug-likeness (QED) is 0.359. The third kappa shape index (κ3) is 6.04. The monoisotopic (exact) mass is 529 g/mol. The predicted octanol–water partition coefficient (Wildman–Crippen LogP) is 4.76. The van der Waals surface area contributed by atoms with Gasteiger partial charge in [0.15, 0.2) is 5.69 Å². The molecule has 0 radical (unpaired) electrons. The zero-order valence-corrected chi connectivity index (χ0v) is 23.2. The van der Waals surface area contributed by atoms with Crippen LogP contribution in [0.3, 0.4) is 0 Å². The molecule has 4 aromatic rings. The van der Waals surface area contributed by atoms with Crippen molar-refractivity contribution in [3.05, 3.63) is 81.5 Å². The first-order chi connectivity index (χ1) is 18.6. The van der Waals surface area contributed by atoms with Crippen molar-refractivity contribution in [2.75, 3.05) is 25.5 Å². The average molecular weight is 530 g/mol. The molecule has 3 heterocycles. The zero-order valence-electron chi connectivity index (χ0n) is 23.2. The van der Waals surface area contributed by atoms with Crippen molar-refractivity contribution in [3.8, 4) is 5.75 Å². The first-order valence-electron chi connectivity index (χ1n) is 13.3. The number of likely N-dealkylation sites (tertiary alicyclic amines) is 1. The second-order valence-electron chi connectivity index (χ2n) is 11.4. The molecule has 2 aromatic carbocycles. The van der Waals surface area contributed by atoms with Gasteiger partial charge >= 0.3 is 5.63 Å². The number of ether oxygens (including phenoxy) is 1. The number of rotatable bonds is 6. The van der Waals surface area contributed by atoms with E-state index in [1.165, 1.54) is 5.56 Å². The van der Waals surface area contributed by atoms with Crippen molar-refractivity contribution in [2.45, 2.75) is 58.6 Å². The van der Waals surface area contributed by atoms with Gasteiger partial charge < -0.3 is 19.4 Å². The molecule has 2 aromatic heterocycles. The third-order valence-corrected chi connectivity index (χ3v) is 7.24. The highest BCUT2D eigenvalue weighted by atomic mass is 16.5. The van der Waals surface area contributed by atoms with E-state index in [0.717, 1.165) is 37.1 Å². The normalized spacial score (nSPS) is 15.0. The van der Waals surface area contributed by atoms with Gasteiger partial charge in [0, 0.05) is 24.0 Å². The molecule has 1 aliphatic rings. The van der Waals surface area contributed by atoms with E-state index in [1.54, 1.807) is 16.9 Å². The Morgan fingerprint density at radius 1 is 1.13 bits per heavy atom. The molecule has 0 bridgehead atoms. The van der Waals surface area contributed by atoms with E-state index in [1.807, 2.05) is 19.1 Å². The molecule has 9 nitrogen and oxygen atoms in total. The van der Waals surface area contributed by atoms with Crippen molar-refractivity contribution in [3.63, 3.8) is 0 Å². The summed E-state index contributed by atoms with van der Waals surface area (Å²) in [6.07, 6.45) is 3.61. The zero-order chi connectivity index (χ0) is 27.7. The summed E-state index contributed by atoms with van der Waals surface area (Å²) in [6.45, 7) is 10.9. The van der Waals surface area contributed by atoms with Crippen LogP contribution in [0.4, 0.5) is 5.69 Å². The number of anilines is 1. The smallest absolute Gasteiger partial charge is 0.360 e. The summed E-state index contributed by atoms with van der Waals surface area (Å²) in [5, 5.41) is 11.4. The van der Waals surface area contributed by atoms with Gasteiger partial charge in [-0.05, 0) is 61.6 Å². The summed E-state index contributed by atoms with van der Waals surface area (Å²) in [5.74, 6) is 0.177. The number of aromatic nitrogens is 3. The van der Waals surface area contributed by atoms with Gasteiger partial charge in [-0.15, -0.1) is 5.10 Å². The standard InChI is InChI=1S/C30H35N5O4/c1-19-26(38-23-12-14-34(5)15-13-23)11-8-21-16-24(29(37)39-27(19)21)31-28(36)25-18-35(33-32-25)17-20-6-9-22(10-7-20)30(2,3)4/h6-11,16,18,23H,12-15,17H2,1-5H3,(H,31,36). The Balaban J connectivity index is 1.27. The Morgan fingerprint density at radius 2 is 1.85 bits per heavy atom. The van der Waals surface area contributed by atoms with Crippen LogP contribution in [0, 0.1) is 6.92 Å². The largest absolute Gasteiger partial charge is 0.490 e. The second-order valence-corrected chi connectivity index (χ2v) is 11.4. The minimum atomic E-state index is -0.637. The summed E-state index contributed by atoms with van der Waals surface area (Å²) >= 11 is 0. The highest BCUT2D eigenvalue weighted by Gasteiger charge is 2.21. The molecule has 1 aliphatic heterocycles. The lowest BCUT2D eigenvalue weighted by Crippen LogP contribution is -2.35. The summed E-state index contributed by atoms with van der Waals surface area (Å²) in [6, 6.07) is 13.7. The Labute approximate surface area is 227 Å². The number of nitrogens with zero attached hydrogens (tertiary/aromatic N) is 4. The van der Waals surface area contributed by atoms with Gasteiger partial charge in [-0.2, -0.15) is 0 Å². The number of piperidine rings is 1. The van der Waals surface area contributed by atoms with E-state index < -0.39 is 11.5 Å². The Kier molecular flexibility index (Phi) is 7.27. The van der Waals surface area contributed by atoms with E-state index in [0.29, 0.717) is 23.3 Å². The van der Waals surface area contributed by atoms with E-state index in [-0.39, 0.29) is 22.9 Å². The fourth-order valence-corrected chi connectivity index (χ4v) is 4.77. The van der Waals surface area contributed by atoms with Crippen LogP contribution in [0.15, 0.2) is 57.9 Å². The van der Waals surface area contributed by atoms with Crippen molar-refractivity contribution < 1.29 is 13.9 Å². The summed E-state index contributed by atoms with van der Waals surface area (Å²) in [4.78, 5) is 27.9. The lowest BCUT2D eigenvalue weighted by Gasteiger charge is -2.29. The number of carbonyl (C=O) groups is 1. The van der Waals surface area contributed by atoms with Gasteiger partial charge in [0.2, 0.25) is 0 Å². The minimum Gasteiger partial charge on any atom is -0.490 e. The molecule has 0 unspecified atom stereocenters. The van der Waals surface area contributed by atoms with Crippen molar-refractivity contribution in [1.29, 1.82) is 0 Å². The van der Waals surface area contributed by atoms with E-state index in [4.69, 9.17) is 9.15 Å². The molecule has 204 valence electrons. The van der Waals surface area contributed by atoms with Crippen LogP contribution in [-0.2, 0) is 12.0 Å². The number of amides is 1. The lowest BCUT2D eigenvalue weighted by molar-refractivity contribution is 0.102. The fourth-order valence-electron chi connectivity index (χ4n) is 4.77. The molecule has 0 atom stereocenters. The number of hydrogen-bond donors (Lipinski definition) is 1. The Bertz CT molecular complexity index is 1540. The number of nitrogens with one attached hydrogen (secondary N) is 1. The lowest BCUT2D eigenvalue weighted by atomic mass is 9.87. The van der Waals surface area contributed by atoms with Crippen LogP contribution in [0.1, 0.15) is 60.8 Å². The summed E-state index contributed by atoms with van der Waals surface area (Å²) in [5.41, 5.74) is 3.10. The molecule has 0 aliphatic carbocycles. The molecule has 1 amide bonds. The fraction of sp³-hybridized carbons (Fsp3) is 0.400. The van der Waals surface area contributed by atoms with Crippen molar-refractivity contribution >= 4 is 22.6 Å². The van der Waals surface area contributed by atoms with Gasteiger partial charge in [-0.3, -0.25) is 4.79 Å². The van der Waals surface area contributed by atoms with Gasteiger partial charge in [-0.25, -0.2) is 9.48 Å². The highest BCUT2D eigenvalue weighted by Crippen LogP contribution is 2.30. The van der Waals surface area contributed by atoms with Crippen LogP contribution in [0.5, 0.6) is 5.75 Å². The van der Waals surface area contributed by atoms with Gasteiger partial charge in [0.05, 0.1) is 12.7 Å². The third-order valence-electron chi connectivity index (χ3n) is 7.24. The molecule has 9 heteroatoms. The number of hydrogen-bond acceptors (Lipinski definition) is 7. The maximum absolute atomic E-state index is 12.9. The average Bonchev–Trinajstić information content (AvgIpc) is 3.36. The minimum absolute atomic E-state index is 0.0446. The molecule has 39 heavy (non-hydrogen) atoms. The van der Waals surface area contributed by atoms with Gasteiger partial charge in [-0.1, -0.05) is 50.3 Å². The van der Waals surface area contributed by atoms with Crippen molar-refractivity contribution in [1.82, 2.24) is 19.9 Å².